The summed E-state index contributed by atoms with van der Waals surface area (Å²) in [5.74, 6) is 0.0282. The van der Waals surface area contributed by atoms with Gasteiger partial charge in [0, 0.05) is 25.3 Å². The van der Waals surface area contributed by atoms with Crippen LogP contribution in [0.3, 0.4) is 0 Å². The second kappa shape index (κ2) is 7.36. The van der Waals surface area contributed by atoms with Crippen molar-refractivity contribution in [1.82, 2.24) is 0 Å². The number of nitrogens with zero attached hydrogens (tertiary/aromatic N) is 1. The third kappa shape index (κ3) is 4.11. The van der Waals surface area contributed by atoms with E-state index in [1.54, 1.807) is 13.2 Å². The highest BCUT2D eigenvalue weighted by Crippen LogP contribution is 2.29. The first-order valence-corrected chi connectivity index (χ1v) is 6.78. The number of nitrogens with two attached hydrogens (primary N) is 1. The highest BCUT2D eigenvalue weighted by molar-refractivity contribution is 6.33. The number of hydrogen-bond donors (Lipinski definition) is 2. The Kier molecular flexibility index (Phi) is 6.12. The second-order valence-electron chi connectivity index (χ2n) is 4.52. The predicted molar refractivity (Wildman–Crippen MR) is 81.4 cm³/mol. The molecular formula is C14H22ClN3O. The molecular weight excluding hydrogens is 262 g/mol. The van der Waals surface area contributed by atoms with Crippen LogP contribution in [0.25, 0.3) is 0 Å². The Hall–Kier alpha value is -1.26. The van der Waals surface area contributed by atoms with Gasteiger partial charge >= 0.3 is 0 Å². The van der Waals surface area contributed by atoms with Crippen LogP contribution in [0.4, 0.5) is 5.69 Å². The SMILES string of the molecule is CCC(C)N(CCOC)c1ccc(C(=N)N)cc1Cl. The maximum Gasteiger partial charge on any atom is 0.122 e. The Labute approximate surface area is 120 Å². The van der Waals surface area contributed by atoms with Gasteiger partial charge in [-0.15, -0.1) is 0 Å². The molecule has 0 radical (unpaired) electrons. The van der Waals surface area contributed by atoms with Crippen LogP contribution < -0.4 is 10.6 Å². The van der Waals surface area contributed by atoms with E-state index < -0.39 is 0 Å². The van der Waals surface area contributed by atoms with E-state index in [2.05, 4.69) is 18.7 Å². The van der Waals surface area contributed by atoms with E-state index in [0.29, 0.717) is 23.2 Å². The van der Waals surface area contributed by atoms with E-state index in [9.17, 15) is 0 Å². The summed E-state index contributed by atoms with van der Waals surface area (Å²) in [7, 11) is 1.69. The zero-order valence-electron chi connectivity index (χ0n) is 11.7. The molecule has 0 heterocycles. The molecule has 0 aliphatic carbocycles. The van der Waals surface area contributed by atoms with Crippen molar-refractivity contribution in [2.45, 2.75) is 26.3 Å². The number of nitrogen functional groups attached to an aromatic ring is 1. The molecule has 0 spiro atoms. The molecule has 0 aliphatic rings. The number of benzene rings is 1. The van der Waals surface area contributed by atoms with E-state index in [1.807, 2.05) is 12.1 Å². The normalized spacial score (nSPS) is 12.2. The third-order valence-corrected chi connectivity index (χ3v) is 3.53. The van der Waals surface area contributed by atoms with Crippen LogP contribution in [0.1, 0.15) is 25.8 Å². The minimum atomic E-state index is 0.0282. The van der Waals surface area contributed by atoms with Crippen molar-refractivity contribution in [2.75, 3.05) is 25.2 Å². The van der Waals surface area contributed by atoms with Crippen molar-refractivity contribution in [3.8, 4) is 0 Å². The molecule has 3 N–H and O–H groups in total. The fraction of sp³-hybridized carbons (Fsp3) is 0.500. The molecule has 19 heavy (non-hydrogen) atoms. The topological polar surface area (TPSA) is 62.3 Å². The monoisotopic (exact) mass is 283 g/mol. The van der Waals surface area contributed by atoms with Crippen molar-refractivity contribution in [3.63, 3.8) is 0 Å². The molecule has 0 fully saturated rings. The van der Waals surface area contributed by atoms with E-state index in [4.69, 9.17) is 27.5 Å². The van der Waals surface area contributed by atoms with Gasteiger partial charge in [-0.25, -0.2) is 0 Å². The summed E-state index contributed by atoms with van der Waals surface area (Å²) in [5.41, 5.74) is 7.07. The maximum atomic E-state index is 7.43. The van der Waals surface area contributed by atoms with Gasteiger partial charge in [-0.3, -0.25) is 5.41 Å². The molecule has 1 unspecified atom stereocenters. The lowest BCUT2D eigenvalue weighted by atomic mass is 10.1. The smallest absolute Gasteiger partial charge is 0.122 e. The van der Waals surface area contributed by atoms with Gasteiger partial charge in [0.2, 0.25) is 0 Å². The number of nitrogens with one attached hydrogen (secondary N) is 1. The fourth-order valence-electron chi connectivity index (χ4n) is 1.90. The third-order valence-electron chi connectivity index (χ3n) is 3.23. The van der Waals surface area contributed by atoms with Crippen molar-refractivity contribution in [3.05, 3.63) is 28.8 Å². The van der Waals surface area contributed by atoms with Gasteiger partial charge < -0.3 is 15.4 Å². The molecule has 1 atom stereocenters. The summed E-state index contributed by atoms with van der Waals surface area (Å²) in [6.45, 7) is 5.73. The van der Waals surface area contributed by atoms with E-state index in [1.165, 1.54) is 0 Å². The Morgan fingerprint density at radius 2 is 2.21 bits per heavy atom. The lowest BCUT2D eigenvalue weighted by molar-refractivity contribution is 0.203. The average Bonchev–Trinajstić information content (AvgIpc) is 2.39. The number of methoxy groups -OCH3 is 1. The van der Waals surface area contributed by atoms with Gasteiger partial charge in [0.15, 0.2) is 0 Å². The average molecular weight is 284 g/mol. The molecule has 5 heteroatoms. The van der Waals surface area contributed by atoms with Gasteiger partial charge in [0.1, 0.15) is 5.84 Å². The molecule has 0 saturated heterocycles. The van der Waals surface area contributed by atoms with E-state index >= 15 is 0 Å². The Morgan fingerprint density at radius 1 is 1.53 bits per heavy atom. The minimum Gasteiger partial charge on any atom is -0.384 e. The van der Waals surface area contributed by atoms with Crippen molar-refractivity contribution < 1.29 is 4.74 Å². The number of hydrogen-bond acceptors (Lipinski definition) is 3. The summed E-state index contributed by atoms with van der Waals surface area (Å²) < 4.78 is 5.15. The maximum absolute atomic E-state index is 7.43. The number of ether oxygens (including phenoxy) is 1. The lowest BCUT2D eigenvalue weighted by Gasteiger charge is -2.31. The molecule has 0 aromatic heterocycles. The highest BCUT2D eigenvalue weighted by Gasteiger charge is 2.16. The summed E-state index contributed by atoms with van der Waals surface area (Å²) in [5, 5.41) is 8.04. The predicted octanol–water partition coefficient (Wildman–Crippen LogP) is 2.88. The number of halogens is 1. The van der Waals surface area contributed by atoms with Crippen LogP contribution in [0.2, 0.25) is 5.02 Å². The van der Waals surface area contributed by atoms with Crippen LogP contribution in [-0.2, 0) is 4.74 Å². The highest BCUT2D eigenvalue weighted by atomic mass is 35.5. The lowest BCUT2D eigenvalue weighted by Crippen LogP contribution is -2.35. The molecule has 0 saturated carbocycles. The Bertz CT molecular complexity index is 437. The van der Waals surface area contributed by atoms with Crippen molar-refractivity contribution >= 4 is 23.1 Å². The number of rotatable bonds is 7. The number of anilines is 1. The second-order valence-corrected chi connectivity index (χ2v) is 4.93. The summed E-state index contributed by atoms with van der Waals surface area (Å²) in [6, 6.07) is 5.85. The zero-order chi connectivity index (χ0) is 14.4. The van der Waals surface area contributed by atoms with Crippen LogP contribution in [0.15, 0.2) is 18.2 Å². The molecule has 0 amide bonds. The van der Waals surface area contributed by atoms with E-state index in [-0.39, 0.29) is 5.84 Å². The van der Waals surface area contributed by atoms with Gasteiger partial charge in [-0.2, -0.15) is 0 Å². The molecule has 0 bridgehead atoms. The van der Waals surface area contributed by atoms with Gasteiger partial charge in [0.05, 0.1) is 17.3 Å². The van der Waals surface area contributed by atoms with E-state index in [0.717, 1.165) is 18.7 Å². The van der Waals surface area contributed by atoms with Crippen LogP contribution >= 0.6 is 11.6 Å². The Morgan fingerprint density at radius 3 is 2.68 bits per heavy atom. The van der Waals surface area contributed by atoms with Crippen molar-refractivity contribution in [2.24, 2.45) is 5.73 Å². The summed E-state index contributed by atoms with van der Waals surface area (Å²) in [4.78, 5) is 2.22. The summed E-state index contributed by atoms with van der Waals surface area (Å²) in [6.07, 6.45) is 1.02. The zero-order valence-corrected chi connectivity index (χ0v) is 12.5. The van der Waals surface area contributed by atoms with Gasteiger partial charge in [-0.1, -0.05) is 18.5 Å². The van der Waals surface area contributed by atoms with Gasteiger partial charge in [0.25, 0.3) is 0 Å². The molecule has 4 nitrogen and oxygen atoms in total. The molecule has 0 aliphatic heterocycles. The summed E-state index contributed by atoms with van der Waals surface area (Å²) >= 11 is 6.31. The molecule has 1 aromatic rings. The standard InChI is InChI=1S/C14H22ClN3O/c1-4-10(2)18(7-8-19-3)13-6-5-11(14(16)17)9-12(13)15/h5-6,9-10H,4,7-8H2,1-3H3,(H3,16,17). The van der Waals surface area contributed by atoms with Crippen LogP contribution in [0, 0.1) is 5.41 Å². The molecule has 1 rings (SSSR count). The first kappa shape index (κ1) is 15.8. The quantitative estimate of drug-likeness (QED) is 0.597. The first-order valence-electron chi connectivity index (χ1n) is 6.40. The van der Waals surface area contributed by atoms with Gasteiger partial charge in [-0.05, 0) is 31.5 Å². The Balaban J connectivity index is 3.04. The largest absolute Gasteiger partial charge is 0.384 e. The van der Waals surface area contributed by atoms with Crippen LogP contribution in [0.5, 0.6) is 0 Å². The minimum absolute atomic E-state index is 0.0282. The van der Waals surface area contributed by atoms with Crippen LogP contribution in [-0.4, -0.2) is 32.1 Å². The first-order chi connectivity index (χ1) is 9.01. The molecule has 1 aromatic carbocycles. The van der Waals surface area contributed by atoms with Crippen molar-refractivity contribution in [1.29, 1.82) is 5.41 Å². The molecule has 106 valence electrons. The fourth-order valence-corrected chi connectivity index (χ4v) is 2.18. The number of amidine groups is 1.